The van der Waals surface area contributed by atoms with Crippen molar-refractivity contribution in [3.63, 3.8) is 0 Å². The molecule has 0 fully saturated rings. The van der Waals surface area contributed by atoms with Crippen LogP contribution < -0.4 is 0 Å². The largest absolute Gasteiger partial charge is 0.321 e. The summed E-state index contributed by atoms with van der Waals surface area (Å²) in [4.78, 5) is 15.2. The van der Waals surface area contributed by atoms with Gasteiger partial charge in [0.2, 0.25) is 0 Å². The van der Waals surface area contributed by atoms with Crippen molar-refractivity contribution in [3.8, 4) is 0 Å². The number of hydrogen-bond acceptors (Lipinski definition) is 2. The Hall–Kier alpha value is -1.35. The van der Waals surface area contributed by atoms with E-state index in [2.05, 4.69) is 18.8 Å². The van der Waals surface area contributed by atoms with Crippen molar-refractivity contribution in [1.29, 1.82) is 0 Å². The molecule has 0 atom stereocenters. The average molecular weight is 237 g/mol. The summed E-state index contributed by atoms with van der Waals surface area (Å²) in [7, 11) is 0. The topological polar surface area (TPSA) is 34.9 Å². The van der Waals surface area contributed by atoms with Crippen LogP contribution >= 0.6 is 11.6 Å². The second kappa shape index (κ2) is 4.26. The summed E-state index contributed by atoms with van der Waals surface area (Å²) in [6.07, 6.45) is 0.788. The van der Waals surface area contributed by atoms with Gasteiger partial charge in [0.25, 0.3) is 0 Å². The lowest BCUT2D eigenvalue weighted by Gasteiger charge is -2.08. The number of halogens is 1. The van der Waals surface area contributed by atoms with Gasteiger partial charge in [0.05, 0.1) is 11.0 Å². The minimum atomic E-state index is 0.454. The molecule has 0 N–H and O–H groups in total. The number of fused-ring (bicyclic) bond motifs is 1. The quantitative estimate of drug-likeness (QED) is 0.768. The van der Waals surface area contributed by atoms with Gasteiger partial charge in [-0.2, -0.15) is 0 Å². The van der Waals surface area contributed by atoms with Crippen LogP contribution in [0.25, 0.3) is 11.0 Å². The number of carbonyl (C=O) groups is 1. The van der Waals surface area contributed by atoms with E-state index in [1.165, 1.54) is 0 Å². The van der Waals surface area contributed by atoms with Gasteiger partial charge in [0, 0.05) is 11.6 Å². The Morgan fingerprint density at radius 1 is 1.50 bits per heavy atom. The second-order valence-corrected chi connectivity index (χ2v) is 4.66. The van der Waals surface area contributed by atoms with Crippen LogP contribution in [0.4, 0.5) is 0 Å². The van der Waals surface area contributed by atoms with E-state index in [9.17, 15) is 4.79 Å². The molecule has 4 heteroatoms. The number of rotatable bonds is 3. The molecule has 0 spiro atoms. The van der Waals surface area contributed by atoms with E-state index in [4.69, 9.17) is 11.6 Å². The zero-order chi connectivity index (χ0) is 11.7. The Morgan fingerprint density at radius 3 is 2.88 bits per heavy atom. The van der Waals surface area contributed by atoms with Crippen LogP contribution in [0.5, 0.6) is 0 Å². The fourth-order valence-electron chi connectivity index (χ4n) is 1.76. The van der Waals surface area contributed by atoms with E-state index in [0.29, 0.717) is 16.8 Å². The Kier molecular flexibility index (Phi) is 2.97. The van der Waals surface area contributed by atoms with Crippen LogP contribution in [0.15, 0.2) is 18.2 Å². The first-order chi connectivity index (χ1) is 7.61. The van der Waals surface area contributed by atoms with E-state index < -0.39 is 0 Å². The number of benzene rings is 1. The number of nitrogens with zero attached hydrogens (tertiary/aromatic N) is 2. The third kappa shape index (κ3) is 1.95. The van der Waals surface area contributed by atoms with E-state index >= 15 is 0 Å². The molecule has 0 aliphatic heterocycles. The second-order valence-electron chi connectivity index (χ2n) is 4.23. The molecule has 0 radical (unpaired) electrons. The third-order valence-electron chi connectivity index (χ3n) is 2.39. The molecule has 16 heavy (non-hydrogen) atoms. The van der Waals surface area contributed by atoms with Crippen LogP contribution in [-0.2, 0) is 6.54 Å². The van der Waals surface area contributed by atoms with Gasteiger partial charge in [-0.15, -0.1) is 0 Å². The summed E-state index contributed by atoms with van der Waals surface area (Å²) in [6.45, 7) is 4.97. The molecule has 0 unspecified atom stereocenters. The third-order valence-corrected chi connectivity index (χ3v) is 2.63. The number of aldehydes is 1. The van der Waals surface area contributed by atoms with Crippen molar-refractivity contribution in [2.24, 2.45) is 5.92 Å². The summed E-state index contributed by atoms with van der Waals surface area (Å²) >= 11 is 5.95. The van der Waals surface area contributed by atoms with Crippen molar-refractivity contribution in [2.45, 2.75) is 20.4 Å². The molecule has 1 heterocycles. The molecule has 1 aromatic heterocycles. The number of aromatic nitrogens is 2. The van der Waals surface area contributed by atoms with Crippen LogP contribution in [0.2, 0.25) is 5.02 Å². The Bertz CT molecular complexity index is 531. The molecule has 1 aromatic carbocycles. The fraction of sp³-hybridized carbons (Fsp3) is 0.333. The molecular formula is C12H13ClN2O. The highest BCUT2D eigenvalue weighted by Crippen LogP contribution is 2.21. The maximum absolute atomic E-state index is 10.9. The normalized spacial score (nSPS) is 11.2. The molecular weight excluding hydrogens is 224 g/mol. The van der Waals surface area contributed by atoms with E-state index in [0.717, 1.165) is 23.9 Å². The van der Waals surface area contributed by atoms with E-state index in [1.54, 1.807) is 6.07 Å². The summed E-state index contributed by atoms with van der Waals surface area (Å²) in [6, 6.07) is 5.46. The van der Waals surface area contributed by atoms with Crippen LogP contribution in [0, 0.1) is 5.92 Å². The van der Waals surface area contributed by atoms with Gasteiger partial charge in [0.1, 0.15) is 0 Å². The van der Waals surface area contributed by atoms with Crippen molar-refractivity contribution in [1.82, 2.24) is 9.55 Å². The lowest BCUT2D eigenvalue weighted by Crippen LogP contribution is -2.07. The van der Waals surface area contributed by atoms with Gasteiger partial charge in [-0.1, -0.05) is 25.4 Å². The van der Waals surface area contributed by atoms with Crippen molar-refractivity contribution in [3.05, 3.63) is 29.0 Å². The minimum absolute atomic E-state index is 0.454. The Balaban J connectivity index is 2.65. The smallest absolute Gasteiger partial charge is 0.185 e. The lowest BCUT2D eigenvalue weighted by atomic mass is 10.2. The predicted octanol–water partition coefficient (Wildman–Crippen LogP) is 3.16. The first kappa shape index (κ1) is 11.1. The molecule has 0 amide bonds. The van der Waals surface area contributed by atoms with Gasteiger partial charge in [-0.05, 0) is 24.1 Å². The number of imidazole rings is 1. The molecule has 0 aliphatic carbocycles. The molecule has 0 saturated carbocycles. The van der Waals surface area contributed by atoms with Gasteiger partial charge in [-0.3, -0.25) is 4.79 Å². The summed E-state index contributed by atoms with van der Waals surface area (Å²) in [5.74, 6) is 0.918. The number of carbonyl (C=O) groups excluding carboxylic acids is 1. The number of hydrogen-bond donors (Lipinski definition) is 0. The molecule has 2 rings (SSSR count). The highest BCUT2D eigenvalue weighted by molar-refractivity contribution is 6.31. The zero-order valence-corrected chi connectivity index (χ0v) is 10.0. The van der Waals surface area contributed by atoms with Crippen LogP contribution in [0.3, 0.4) is 0 Å². The highest BCUT2D eigenvalue weighted by atomic mass is 35.5. The van der Waals surface area contributed by atoms with Crippen molar-refractivity contribution in [2.75, 3.05) is 0 Å². The lowest BCUT2D eigenvalue weighted by molar-refractivity contribution is 0.111. The van der Waals surface area contributed by atoms with Gasteiger partial charge < -0.3 is 4.57 Å². The average Bonchev–Trinajstić information content (AvgIpc) is 2.56. The SMILES string of the molecule is CC(C)Cn1c(C=O)nc2ccc(Cl)cc21. The Morgan fingerprint density at radius 2 is 2.25 bits per heavy atom. The van der Waals surface area contributed by atoms with Crippen LogP contribution in [0.1, 0.15) is 24.5 Å². The van der Waals surface area contributed by atoms with Gasteiger partial charge in [0.15, 0.2) is 12.1 Å². The molecule has 0 aliphatic rings. The summed E-state index contributed by atoms with van der Waals surface area (Å²) in [5, 5.41) is 0.662. The molecule has 0 saturated heterocycles. The Labute approximate surface area is 99.0 Å². The minimum Gasteiger partial charge on any atom is -0.321 e. The monoisotopic (exact) mass is 236 g/mol. The standard InChI is InChI=1S/C12H13ClN2O/c1-8(2)6-15-11-5-9(13)3-4-10(11)14-12(15)7-16/h3-5,7-8H,6H2,1-2H3. The molecule has 0 bridgehead atoms. The predicted molar refractivity (Wildman–Crippen MR) is 65.0 cm³/mol. The molecule has 84 valence electrons. The highest BCUT2D eigenvalue weighted by Gasteiger charge is 2.11. The summed E-state index contributed by atoms with van der Waals surface area (Å²) in [5.41, 5.74) is 1.73. The zero-order valence-electron chi connectivity index (χ0n) is 9.27. The summed E-state index contributed by atoms with van der Waals surface area (Å²) < 4.78 is 1.92. The first-order valence-corrected chi connectivity index (χ1v) is 5.60. The maximum atomic E-state index is 10.9. The van der Waals surface area contributed by atoms with Crippen molar-refractivity contribution < 1.29 is 4.79 Å². The van der Waals surface area contributed by atoms with Gasteiger partial charge >= 0.3 is 0 Å². The van der Waals surface area contributed by atoms with E-state index in [1.807, 2.05) is 16.7 Å². The molecule has 3 nitrogen and oxygen atoms in total. The first-order valence-electron chi connectivity index (χ1n) is 5.22. The maximum Gasteiger partial charge on any atom is 0.185 e. The van der Waals surface area contributed by atoms with Gasteiger partial charge in [-0.25, -0.2) is 4.98 Å². The fourth-order valence-corrected chi connectivity index (χ4v) is 1.93. The molecule has 2 aromatic rings. The van der Waals surface area contributed by atoms with Crippen LogP contribution in [-0.4, -0.2) is 15.8 Å². The van der Waals surface area contributed by atoms with Crippen molar-refractivity contribution >= 4 is 28.9 Å². The van der Waals surface area contributed by atoms with E-state index in [-0.39, 0.29) is 0 Å².